The molecule has 1 fully saturated rings. The number of carbonyl (C=O) groups is 2. The molecule has 4 heteroatoms. The number of nitrogens with zero attached hydrogens (tertiary/aromatic N) is 1. The molecular formula is C12H21NO3. The zero-order valence-electron chi connectivity index (χ0n) is 10.3. The molecule has 0 aromatic heterocycles. The first kappa shape index (κ1) is 13.0. The van der Waals surface area contributed by atoms with E-state index in [4.69, 9.17) is 5.11 Å². The SMILES string of the molecule is CCC(C)CC(=O)N1C[C@@H](C)[C@H](C(=O)O)C1. The lowest BCUT2D eigenvalue weighted by atomic mass is 9.99. The highest BCUT2D eigenvalue weighted by Crippen LogP contribution is 2.24. The fourth-order valence-corrected chi connectivity index (χ4v) is 2.06. The van der Waals surface area contributed by atoms with Crippen molar-refractivity contribution in [1.29, 1.82) is 0 Å². The fourth-order valence-electron chi connectivity index (χ4n) is 2.06. The number of amides is 1. The van der Waals surface area contributed by atoms with Crippen LogP contribution in [0.15, 0.2) is 0 Å². The third-order valence-corrected chi connectivity index (χ3v) is 3.50. The lowest BCUT2D eigenvalue weighted by molar-refractivity contribution is -0.142. The molecule has 1 unspecified atom stereocenters. The molecule has 0 aromatic carbocycles. The number of carbonyl (C=O) groups excluding carboxylic acids is 1. The molecule has 0 bridgehead atoms. The second-order valence-electron chi connectivity index (χ2n) is 4.94. The summed E-state index contributed by atoms with van der Waals surface area (Å²) < 4.78 is 0. The average Bonchev–Trinajstić information content (AvgIpc) is 2.60. The standard InChI is InChI=1S/C12H21NO3/c1-4-8(2)5-11(14)13-6-9(3)10(7-13)12(15)16/h8-10H,4-7H2,1-3H3,(H,15,16)/t8?,9-,10-/m1/s1. The van der Waals surface area contributed by atoms with Crippen LogP contribution in [0.2, 0.25) is 0 Å². The number of carboxylic acid groups (broad SMARTS) is 1. The van der Waals surface area contributed by atoms with E-state index in [-0.39, 0.29) is 17.7 Å². The molecule has 4 nitrogen and oxygen atoms in total. The minimum absolute atomic E-state index is 0.0679. The first-order valence-electron chi connectivity index (χ1n) is 5.96. The molecule has 16 heavy (non-hydrogen) atoms. The predicted octanol–water partition coefficient (Wildman–Crippen LogP) is 1.60. The molecule has 1 heterocycles. The van der Waals surface area contributed by atoms with Gasteiger partial charge in [0.15, 0.2) is 0 Å². The van der Waals surface area contributed by atoms with Gasteiger partial charge in [-0.25, -0.2) is 0 Å². The van der Waals surface area contributed by atoms with Crippen LogP contribution in [0.25, 0.3) is 0 Å². The Morgan fingerprint density at radius 2 is 2.06 bits per heavy atom. The topological polar surface area (TPSA) is 57.6 Å². The quantitative estimate of drug-likeness (QED) is 0.793. The molecule has 1 rings (SSSR count). The van der Waals surface area contributed by atoms with E-state index in [1.54, 1.807) is 4.90 Å². The van der Waals surface area contributed by atoms with Gasteiger partial charge in [0.05, 0.1) is 5.92 Å². The molecule has 0 aliphatic carbocycles. The van der Waals surface area contributed by atoms with Crippen LogP contribution in [0.5, 0.6) is 0 Å². The van der Waals surface area contributed by atoms with E-state index in [1.807, 2.05) is 13.8 Å². The van der Waals surface area contributed by atoms with Gasteiger partial charge in [-0.3, -0.25) is 9.59 Å². The molecule has 0 aromatic rings. The van der Waals surface area contributed by atoms with E-state index >= 15 is 0 Å². The van der Waals surface area contributed by atoms with Crippen LogP contribution in [0, 0.1) is 17.8 Å². The van der Waals surface area contributed by atoms with Crippen molar-refractivity contribution in [2.24, 2.45) is 17.8 Å². The van der Waals surface area contributed by atoms with Crippen LogP contribution < -0.4 is 0 Å². The Labute approximate surface area is 96.6 Å². The van der Waals surface area contributed by atoms with Crippen molar-refractivity contribution in [3.8, 4) is 0 Å². The molecule has 1 aliphatic rings. The van der Waals surface area contributed by atoms with Gasteiger partial charge in [0.1, 0.15) is 0 Å². The second-order valence-corrected chi connectivity index (χ2v) is 4.94. The summed E-state index contributed by atoms with van der Waals surface area (Å²) in [6.45, 7) is 6.98. The maximum absolute atomic E-state index is 11.9. The normalized spacial score (nSPS) is 26.8. The minimum atomic E-state index is -0.786. The third kappa shape index (κ3) is 2.97. The number of rotatable bonds is 4. The Kier molecular flexibility index (Phi) is 4.33. The van der Waals surface area contributed by atoms with Crippen LogP contribution in [-0.2, 0) is 9.59 Å². The molecule has 1 aliphatic heterocycles. The van der Waals surface area contributed by atoms with Gasteiger partial charge in [-0.1, -0.05) is 27.2 Å². The summed E-state index contributed by atoms with van der Waals surface area (Å²) in [4.78, 5) is 24.5. The molecular weight excluding hydrogens is 206 g/mol. The molecule has 3 atom stereocenters. The van der Waals surface area contributed by atoms with E-state index < -0.39 is 5.97 Å². The highest BCUT2D eigenvalue weighted by atomic mass is 16.4. The Morgan fingerprint density at radius 3 is 2.50 bits per heavy atom. The molecule has 1 N–H and O–H groups in total. The Balaban J connectivity index is 2.51. The Bertz CT molecular complexity index is 277. The van der Waals surface area contributed by atoms with Crippen molar-refractivity contribution in [3.05, 3.63) is 0 Å². The fraction of sp³-hybridized carbons (Fsp3) is 0.833. The lowest BCUT2D eigenvalue weighted by Crippen LogP contribution is -2.30. The van der Waals surface area contributed by atoms with Crippen molar-refractivity contribution in [2.75, 3.05) is 13.1 Å². The van der Waals surface area contributed by atoms with E-state index in [9.17, 15) is 9.59 Å². The summed E-state index contributed by atoms with van der Waals surface area (Å²) in [5, 5.41) is 8.97. The average molecular weight is 227 g/mol. The molecule has 1 saturated heterocycles. The van der Waals surface area contributed by atoms with Gasteiger partial charge < -0.3 is 10.0 Å². The maximum Gasteiger partial charge on any atom is 0.308 e. The Morgan fingerprint density at radius 1 is 1.44 bits per heavy atom. The van der Waals surface area contributed by atoms with Crippen LogP contribution >= 0.6 is 0 Å². The van der Waals surface area contributed by atoms with Crippen molar-refractivity contribution in [3.63, 3.8) is 0 Å². The van der Waals surface area contributed by atoms with E-state index in [2.05, 4.69) is 6.92 Å². The highest BCUT2D eigenvalue weighted by Gasteiger charge is 2.36. The van der Waals surface area contributed by atoms with E-state index in [0.717, 1.165) is 6.42 Å². The Hall–Kier alpha value is -1.06. The first-order chi connectivity index (χ1) is 7.45. The minimum Gasteiger partial charge on any atom is -0.481 e. The van der Waals surface area contributed by atoms with Crippen LogP contribution in [-0.4, -0.2) is 35.0 Å². The third-order valence-electron chi connectivity index (χ3n) is 3.50. The van der Waals surface area contributed by atoms with E-state index in [0.29, 0.717) is 25.4 Å². The first-order valence-corrected chi connectivity index (χ1v) is 5.96. The van der Waals surface area contributed by atoms with Gasteiger partial charge in [0.25, 0.3) is 0 Å². The number of likely N-dealkylation sites (tertiary alicyclic amines) is 1. The zero-order valence-corrected chi connectivity index (χ0v) is 10.3. The van der Waals surface area contributed by atoms with Gasteiger partial charge in [0.2, 0.25) is 5.91 Å². The van der Waals surface area contributed by atoms with Gasteiger partial charge >= 0.3 is 5.97 Å². The molecule has 0 radical (unpaired) electrons. The molecule has 92 valence electrons. The second kappa shape index (κ2) is 5.32. The monoisotopic (exact) mass is 227 g/mol. The van der Waals surface area contributed by atoms with Gasteiger partial charge in [-0.05, 0) is 11.8 Å². The van der Waals surface area contributed by atoms with Gasteiger partial charge in [-0.15, -0.1) is 0 Å². The molecule has 0 spiro atoms. The number of hydrogen-bond acceptors (Lipinski definition) is 2. The predicted molar refractivity (Wildman–Crippen MR) is 60.9 cm³/mol. The number of carboxylic acids is 1. The van der Waals surface area contributed by atoms with Crippen molar-refractivity contribution < 1.29 is 14.7 Å². The number of hydrogen-bond donors (Lipinski definition) is 1. The van der Waals surface area contributed by atoms with E-state index in [1.165, 1.54) is 0 Å². The smallest absolute Gasteiger partial charge is 0.308 e. The summed E-state index contributed by atoms with van der Waals surface area (Å²) in [6, 6.07) is 0. The van der Waals surface area contributed by atoms with Crippen molar-refractivity contribution in [1.82, 2.24) is 4.90 Å². The van der Waals surface area contributed by atoms with Crippen molar-refractivity contribution in [2.45, 2.75) is 33.6 Å². The summed E-state index contributed by atoms with van der Waals surface area (Å²) in [5.74, 6) is -0.623. The summed E-state index contributed by atoms with van der Waals surface area (Å²) in [6.07, 6.45) is 1.52. The number of aliphatic carboxylic acids is 1. The summed E-state index contributed by atoms with van der Waals surface area (Å²) in [7, 11) is 0. The maximum atomic E-state index is 11.9. The zero-order chi connectivity index (χ0) is 12.3. The lowest BCUT2D eigenvalue weighted by Gasteiger charge is -2.18. The molecule has 1 amide bonds. The van der Waals surface area contributed by atoms with Crippen LogP contribution in [0.3, 0.4) is 0 Å². The van der Waals surface area contributed by atoms with Crippen LogP contribution in [0.4, 0.5) is 0 Å². The highest BCUT2D eigenvalue weighted by molar-refractivity contribution is 5.79. The van der Waals surface area contributed by atoms with Crippen LogP contribution in [0.1, 0.15) is 33.6 Å². The summed E-state index contributed by atoms with van der Waals surface area (Å²) in [5.41, 5.74) is 0. The van der Waals surface area contributed by atoms with Crippen molar-refractivity contribution >= 4 is 11.9 Å². The van der Waals surface area contributed by atoms with Gasteiger partial charge in [-0.2, -0.15) is 0 Å². The van der Waals surface area contributed by atoms with Gasteiger partial charge in [0, 0.05) is 19.5 Å². The largest absolute Gasteiger partial charge is 0.481 e. The summed E-state index contributed by atoms with van der Waals surface area (Å²) >= 11 is 0. The molecule has 0 saturated carbocycles.